The Balaban J connectivity index is 2.15. The maximum absolute atomic E-state index is 11.7. The standard InChI is InChI=1S/C14H18N2OS/c1-2-3-8-13(17)16-14-11(9-15)10-6-4-5-7-12(10)18-14/h2-8H2,1H3,(H,16,17). The van der Waals surface area contributed by atoms with Crippen LogP contribution in [0.5, 0.6) is 0 Å². The number of amides is 1. The summed E-state index contributed by atoms with van der Waals surface area (Å²) in [6.45, 7) is 2.07. The Hall–Kier alpha value is -1.34. The Labute approximate surface area is 112 Å². The maximum atomic E-state index is 11.7. The Kier molecular flexibility index (Phi) is 4.38. The van der Waals surface area contributed by atoms with Crippen molar-refractivity contribution < 1.29 is 4.79 Å². The quantitative estimate of drug-likeness (QED) is 0.900. The normalized spacial score (nSPS) is 13.8. The summed E-state index contributed by atoms with van der Waals surface area (Å²) in [5.41, 5.74) is 1.89. The number of carbonyl (C=O) groups excluding carboxylic acids is 1. The molecule has 1 amide bonds. The first-order valence-corrected chi connectivity index (χ1v) is 7.42. The number of rotatable bonds is 4. The number of carbonyl (C=O) groups is 1. The summed E-state index contributed by atoms with van der Waals surface area (Å²) in [7, 11) is 0. The van der Waals surface area contributed by atoms with Gasteiger partial charge in [0.1, 0.15) is 11.1 Å². The number of aryl methyl sites for hydroxylation is 1. The first-order valence-electron chi connectivity index (χ1n) is 6.60. The lowest BCUT2D eigenvalue weighted by Gasteiger charge is -2.09. The van der Waals surface area contributed by atoms with E-state index in [1.807, 2.05) is 0 Å². The molecule has 3 nitrogen and oxygen atoms in total. The van der Waals surface area contributed by atoms with E-state index < -0.39 is 0 Å². The molecule has 1 aliphatic carbocycles. The molecule has 4 heteroatoms. The maximum Gasteiger partial charge on any atom is 0.225 e. The van der Waals surface area contributed by atoms with Crippen LogP contribution in [0.15, 0.2) is 0 Å². The van der Waals surface area contributed by atoms with Crippen molar-refractivity contribution in [3.8, 4) is 6.07 Å². The van der Waals surface area contributed by atoms with Gasteiger partial charge in [-0.3, -0.25) is 4.79 Å². The van der Waals surface area contributed by atoms with E-state index >= 15 is 0 Å². The highest BCUT2D eigenvalue weighted by atomic mass is 32.1. The Morgan fingerprint density at radius 2 is 2.22 bits per heavy atom. The average molecular weight is 262 g/mol. The Bertz CT molecular complexity index is 485. The molecule has 0 radical (unpaired) electrons. The lowest BCUT2D eigenvalue weighted by Crippen LogP contribution is -2.10. The van der Waals surface area contributed by atoms with Crippen LogP contribution in [0.25, 0.3) is 0 Å². The van der Waals surface area contributed by atoms with Crippen LogP contribution in [0.2, 0.25) is 0 Å². The van der Waals surface area contributed by atoms with Crippen LogP contribution in [0, 0.1) is 11.3 Å². The van der Waals surface area contributed by atoms with E-state index in [0.717, 1.165) is 37.1 Å². The number of hydrogen-bond acceptors (Lipinski definition) is 3. The van der Waals surface area contributed by atoms with Gasteiger partial charge in [-0.1, -0.05) is 13.3 Å². The highest BCUT2D eigenvalue weighted by Gasteiger charge is 2.21. The van der Waals surface area contributed by atoms with Crippen molar-refractivity contribution in [2.45, 2.75) is 51.9 Å². The van der Waals surface area contributed by atoms with Crippen LogP contribution in [0.1, 0.15) is 55.0 Å². The number of nitrogens with one attached hydrogen (secondary N) is 1. The van der Waals surface area contributed by atoms with Crippen molar-refractivity contribution in [3.63, 3.8) is 0 Å². The molecule has 1 aromatic heterocycles. The van der Waals surface area contributed by atoms with Crippen molar-refractivity contribution in [2.75, 3.05) is 5.32 Å². The fraction of sp³-hybridized carbons (Fsp3) is 0.571. The second-order valence-electron chi connectivity index (χ2n) is 4.68. The SMILES string of the molecule is CCCCC(=O)Nc1sc2c(c1C#N)CCCC2. The molecule has 18 heavy (non-hydrogen) atoms. The highest BCUT2D eigenvalue weighted by Crippen LogP contribution is 2.37. The number of nitriles is 1. The van der Waals surface area contributed by atoms with Gasteiger partial charge in [0, 0.05) is 11.3 Å². The highest BCUT2D eigenvalue weighted by molar-refractivity contribution is 7.16. The third-order valence-corrected chi connectivity index (χ3v) is 4.50. The molecule has 2 rings (SSSR count). The van der Waals surface area contributed by atoms with E-state index in [0.29, 0.717) is 12.0 Å². The second-order valence-corrected chi connectivity index (χ2v) is 5.78. The molecule has 0 aliphatic heterocycles. The fourth-order valence-corrected chi connectivity index (χ4v) is 3.55. The number of unbranched alkanes of at least 4 members (excludes halogenated alkanes) is 1. The molecular formula is C14H18N2OS. The smallest absolute Gasteiger partial charge is 0.225 e. The first kappa shape index (κ1) is 13.1. The van der Waals surface area contributed by atoms with Gasteiger partial charge in [-0.2, -0.15) is 5.26 Å². The van der Waals surface area contributed by atoms with E-state index in [9.17, 15) is 10.1 Å². The zero-order chi connectivity index (χ0) is 13.0. The van der Waals surface area contributed by atoms with E-state index in [1.165, 1.54) is 16.9 Å². The van der Waals surface area contributed by atoms with Gasteiger partial charge in [0.15, 0.2) is 0 Å². The van der Waals surface area contributed by atoms with Crippen molar-refractivity contribution in [1.82, 2.24) is 0 Å². The topological polar surface area (TPSA) is 52.9 Å². The molecule has 0 unspecified atom stereocenters. The third-order valence-electron chi connectivity index (χ3n) is 3.29. The zero-order valence-electron chi connectivity index (χ0n) is 10.7. The van der Waals surface area contributed by atoms with E-state index in [-0.39, 0.29) is 5.91 Å². The summed E-state index contributed by atoms with van der Waals surface area (Å²) < 4.78 is 0. The number of fused-ring (bicyclic) bond motifs is 1. The summed E-state index contributed by atoms with van der Waals surface area (Å²) in [4.78, 5) is 13.0. The molecule has 0 bridgehead atoms. The minimum absolute atomic E-state index is 0.0342. The molecule has 0 saturated heterocycles. The molecule has 1 N–H and O–H groups in total. The zero-order valence-corrected chi connectivity index (χ0v) is 11.5. The third kappa shape index (κ3) is 2.73. The lowest BCUT2D eigenvalue weighted by atomic mass is 9.96. The lowest BCUT2D eigenvalue weighted by molar-refractivity contribution is -0.116. The van der Waals surface area contributed by atoms with E-state index in [2.05, 4.69) is 18.3 Å². The van der Waals surface area contributed by atoms with Gasteiger partial charge in [-0.05, 0) is 37.7 Å². The molecular weight excluding hydrogens is 244 g/mol. The Morgan fingerprint density at radius 3 is 2.94 bits per heavy atom. The number of hydrogen-bond donors (Lipinski definition) is 1. The van der Waals surface area contributed by atoms with Crippen LogP contribution >= 0.6 is 11.3 Å². The number of nitrogens with zero attached hydrogens (tertiary/aromatic N) is 1. The molecule has 1 heterocycles. The second kappa shape index (κ2) is 6.01. The predicted molar refractivity (Wildman–Crippen MR) is 73.8 cm³/mol. The summed E-state index contributed by atoms with van der Waals surface area (Å²) in [6.07, 6.45) is 6.85. The largest absolute Gasteiger partial charge is 0.317 e. The van der Waals surface area contributed by atoms with Gasteiger partial charge < -0.3 is 5.32 Å². The molecule has 96 valence electrons. The molecule has 1 aliphatic rings. The van der Waals surface area contributed by atoms with Crippen molar-refractivity contribution in [3.05, 3.63) is 16.0 Å². The monoisotopic (exact) mass is 262 g/mol. The van der Waals surface area contributed by atoms with Crippen molar-refractivity contribution in [1.29, 1.82) is 5.26 Å². The summed E-state index contributed by atoms with van der Waals surface area (Å²) >= 11 is 1.59. The van der Waals surface area contributed by atoms with Crippen molar-refractivity contribution in [2.24, 2.45) is 0 Å². The van der Waals surface area contributed by atoms with E-state index in [1.54, 1.807) is 11.3 Å². The number of thiophene rings is 1. The first-order chi connectivity index (χ1) is 8.76. The van der Waals surface area contributed by atoms with Crippen LogP contribution < -0.4 is 5.32 Å². The minimum Gasteiger partial charge on any atom is -0.317 e. The molecule has 0 saturated carbocycles. The van der Waals surface area contributed by atoms with Gasteiger partial charge in [0.2, 0.25) is 5.91 Å². The molecule has 1 aromatic rings. The fourth-order valence-electron chi connectivity index (χ4n) is 2.30. The van der Waals surface area contributed by atoms with Crippen molar-refractivity contribution >= 4 is 22.2 Å². The minimum atomic E-state index is 0.0342. The van der Waals surface area contributed by atoms with Crippen LogP contribution in [-0.2, 0) is 17.6 Å². The molecule has 0 aromatic carbocycles. The van der Waals surface area contributed by atoms with Gasteiger partial charge in [0.25, 0.3) is 0 Å². The summed E-state index contributed by atoms with van der Waals surface area (Å²) in [6, 6.07) is 2.26. The van der Waals surface area contributed by atoms with Crippen LogP contribution in [0.3, 0.4) is 0 Å². The van der Waals surface area contributed by atoms with Crippen LogP contribution in [-0.4, -0.2) is 5.91 Å². The molecule has 0 fully saturated rings. The van der Waals surface area contributed by atoms with E-state index in [4.69, 9.17) is 0 Å². The van der Waals surface area contributed by atoms with Gasteiger partial charge in [0.05, 0.1) is 5.56 Å². The number of anilines is 1. The van der Waals surface area contributed by atoms with Crippen LogP contribution in [0.4, 0.5) is 5.00 Å². The molecule has 0 spiro atoms. The van der Waals surface area contributed by atoms with Gasteiger partial charge in [-0.15, -0.1) is 11.3 Å². The average Bonchev–Trinajstić information content (AvgIpc) is 2.73. The summed E-state index contributed by atoms with van der Waals surface area (Å²) in [5, 5.41) is 12.9. The molecule has 0 atom stereocenters. The van der Waals surface area contributed by atoms with Gasteiger partial charge in [-0.25, -0.2) is 0 Å². The summed E-state index contributed by atoms with van der Waals surface area (Å²) in [5.74, 6) is 0.0342. The predicted octanol–water partition coefficient (Wildman–Crippen LogP) is 3.63. The van der Waals surface area contributed by atoms with Gasteiger partial charge >= 0.3 is 0 Å². The Morgan fingerprint density at radius 1 is 1.44 bits per heavy atom.